The Morgan fingerprint density at radius 2 is 2.00 bits per heavy atom. The van der Waals surface area contributed by atoms with E-state index < -0.39 is 5.41 Å². The molecule has 5 heteroatoms. The van der Waals surface area contributed by atoms with E-state index in [1.165, 1.54) is 0 Å². The van der Waals surface area contributed by atoms with Crippen molar-refractivity contribution in [3.05, 3.63) is 34.9 Å². The highest BCUT2D eigenvalue weighted by Crippen LogP contribution is 2.27. The van der Waals surface area contributed by atoms with Gasteiger partial charge < -0.3 is 10.2 Å². The first-order valence-electron chi connectivity index (χ1n) is 7.63. The lowest BCUT2D eigenvalue weighted by atomic mass is 9.83. The van der Waals surface area contributed by atoms with Crippen molar-refractivity contribution < 1.29 is 4.79 Å². The molecule has 1 N–H and O–H groups in total. The predicted octanol–water partition coefficient (Wildman–Crippen LogP) is 3.54. The van der Waals surface area contributed by atoms with E-state index >= 15 is 0 Å². The van der Waals surface area contributed by atoms with Crippen molar-refractivity contribution in [3.63, 3.8) is 0 Å². The number of hydrogen-bond acceptors (Lipinski definition) is 2. The number of rotatable bonds is 4. The first-order chi connectivity index (χ1) is 9.92. The third kappa shape index (κ3) is 4.87. The van der Waals surface area contributed by atoms with Crippen LogP contribution in [0.3, 0.4) is 0 Å². The maximum absolute atomic E-state index is 12.8. The molecule has 2 rings (SSSR count). The van der Waals surface area contributed by atoms with Crippen LogP contribution in [0.4, 0.5) is 0 Å². The molecule has 1 fully saturated rings. The maximum Gasteiger partial charge on any atom is 0.228 e. The van der Waals surface area contributed by atoms with Gasteiger partial charge in [0.25, 0.3) is 0 Å². The average Bonchev–Trinajstić information content (AvgIpc) is 2.46. The second kappa shape index (κ2) is 8.19. The van der Waals surface area contributed by atoms with Crippen LogP contribution in [-0.4, -0.2) is 37.0 Å². The van der Waals surface area contributed by atoms with Crippen LogP contribution in [0.5, 0.6) is 0 Å². The minimum Gasteiger partial charge on any atom is -0.342 e. The molecule has 1 heterocycles. The summed E-state index contributed by atoms with van der Waals surface area (Å²) in [5, 5.41) is 4.02. The highest BCUT2D eigenvalue weighted by atomic mass is 35.5. The summed E-state index contributed by atoms with van der Waals surface area (Å²) in [7, 11) is 1.99. The monoisotopic (exact) mass is 344 g/mol. The number of halogens is 2. The molecule has 1 aliphatic heterocycles. The zero-order valence-electron chi connectivity index (χ0n) is 13.6. The van der Waals surface area contributed by atoms with Crippen LogP contribution in [0.15, 0.2) is 24.3 Å². The topological polar surface area (TPSA) is 32.3 Å². The van der Waals surface area contributed by atoms with Gasteiger partial charge in [0.2, 0.25) is 5.91 Å². The van der Waals surface area contributed by atoms with Gasteiger partial charge in [-0.3, -0.25) is 4.79 Å². The van der Waals surface area contributed by atoms with Crippen molar-refractivity contribution in [2.75, 3.05) is 20.1 Å². The van der Waals surface area contributed by atoms with Gasteiger partial charge in [-0.15, -0.1) is 12.4 Å². The average molecular weight is 345 g/mol. The Morgan fingerprint density at radius 3 is 2.55 bits per heavy atom. The molecule has 0 aromatic heterocycles. The molecule has 0 aliphatic carbocycles. The molecular formula is C17H26Cl2N2O. The fraction of sp³-hybridized carbons (Fsp3) is 0.588. The SMILES string of the molecule is CNC1CCN(C(=O)C(C)(C)Cc2cccc(Cl)c2)CC1.Cl. The quantitative estimate of drug-likeness (QED) is 0.905. The van der Waals surface area contributed by atoms with Gasteiger partial charge >= 0.3 is 0 Å². The molecule has 0 spiro atoms. The summed E-state index contributed by atoms with van der Waals surface area (Å²) in [5.74, 6) is 0.247. The van der Waals surface area contributed by atoms with Crippen molar-refractivity contribution in [3.8, 4) is 0 Å². The molecule has 22 heavy (non-hydrogen) atoms. The first-order valence-corrected chi connectivity index (χ1v) is 8.01. The Bertz CT molecular complexity index is 497. The standard InChI is InChI=1S/C17H25ClN2O.ClH/c1-17(2,12-13-5-4-6-14(18)11-13)16(21)20-9-7-15(19-3)8-10-20;/h4-6,11,15,19H,7-10,12H2,1-3H3;1H. The number of likely N-dealkylation sites (tertiary alicyclic amines) is 1. The van der Waals surface area contributed by atoms with E-state index in [2.05, 4.69) is 5.32 Å². The predicted molar refractivity (Wildman–Crippen MR) is 94.8 cm³/mol. The van der Waals surface area contributed by atoms with E-state index in [0.717, 1.165) is 42.9 Å². The lowest BCUT2D eigenvalue weighted by molar-refractivity contribution is -0.141. The molecule has 3 nitrogen and oxygen atoms in total. The Morgan fingerprint density at radius 1 is 1.36 bits per heavy atom. The number of amides is 1. The lowest BCUT2D eigenvalue weighted by Crippen LogP contribution is -2.48. The van der Waals surface area contributed by atoms with Crippen molar-refractivity contribution in [1.29, 1.82) is 0 Å². The zero-order chi connectivity index (χ0) is 15.5. The van der Waals surface area contributed by atoms with Crippen LogP contribution >= 0.6 is 24.0 Å². The molecule has 1 aromatic carbocycles. The van der Waals surface area contributed by atoms with E-state index in [-0.39, 0.29) is 18.3 Å². The first kappa shape index (κ1) is 19.3. The number of carbonyl (C=O) groups is 1. The van der Waals surface area contributed by atoms with Crippen LogP contribution in [0.1, 0.15) is 32.3 Å². The van der Waals surface area contributed by atoms with Gasteiger partial charge in [0, 0.05) is 29.6 Å². The number of carbonyl (C=O) groups excluding carboxylic acids is 1. The molecule has 0 unspecified atom stereocenters. The van der Waals surface area contributed by atoms with Crippen molar-refractivity contribution in [2.24, 2.45) is 5.41 Å². The fourth-order valence-corrected chi connectivity index (χ4v) is 3.25. The molecular weight excluding hydrogens is 319 g/mol. The van der Waals surface area contributed by atoms with Gasteiger partial charge in [-0.05, 0) is 44.0 Å². The summed E-state index contributed by atoms with van der Waals surface area (Å²) in [6, 6.07) is 8.34. The number of nitrogens with zero attached hydrogens (tertiary/aromatic N) is 1. The normalized spacial score (nSPS) is 16.3. The Balaban J connectivity index is 0.00000242. The second-order valence-electron chi connectivity index (χ2n) is 6.55. The summed E-state index contributed by atoms with van der Waals surface area (Å²) in [4.78, 5) is 14.8. The number of piperidine rings is 1. The van der Waals surface area contributed by atoms with E-state index in [4.69, 9.17) is 11.6 Å². The molecule has 0 saturated carbocycles. The molecule has 0 radical (unpaired) electrons. The summed E-state index contributed by atoms with van der Waals surface area (Å²) in [5.41, 5.74) is 0.725. The number of benzene rings is 1. The zero-order valence-corrected chi connectivity index (χ0v) is 15.1. The smallest absolute Gasteiger partial charge is 0.228 e. The van der Waals surface area contributed by atoms with Gasteiger partial charge in [-0.1, -0.05) is 37.6 Å². The van der Waals surface area contributed by atoms with Gasteiger partial charge in [-0.2, -0.15) is 0 Å². The molecule has 124 valence electrons. The molecule has 0 bridgehead atoms. The van der Waals surface area contributed by atoms with Crippen LogP contribution in [-0.2, 0) is 11.2 Å². The van der Waals surface area contributed by atoms with Crippen LogP contribution < -0.4 is 5.32 Å². The molecule has 1 amide bonds. The van der Waals surface area contributed by atoms with Gasteiger partial charge in [-0.25, -0.2) is 0 Å². The Hall–Kier alpha value is -0.770. The highest BCUT2D eigenvalue weighted by Gasteiger charge is 2.33. The Kier molecular flexibility index (Phi) is 7.17. The third-order valence-corrected chi connectivity index (χ3v) is 4.54. The highest BCUT2D eigenvalue weighted by molar-refractivity contribution is 6.30. The van der Waals surface area contributed by atoms with Gasteiger partial charge in [0.15, 0.2) is 0 Å². The van der Waals surface area contributed by atoms with Crippen molar-refractivity contribution >= 4 is 29.9 Å². The summed E-state index contributed by atoms with van der Waals surface area (Å²) in [6.07, 6.45) is 2.79. The molecule has 1 aromatic rings. The Labute approximate surface area is 144 Å². The second-order valence-corrected chi connectivity index (χ2v) is 6.98. The van der Waals surface area contributed by atoms with E-state index in [1.54, 1.807) is 0 Å². The van der Waals surface area contributed by atoms with Crippen LogP contribution in [0.25, 0.3) is 0 Å². The van der Waals surface area contributed by atoms with Crippen LogP contribution in [0.2, 0.25) is 5.02 Å². The third-order valence-electron chi connectivity index (χ3n) is 4.30. The van der Waals surface area contributed by atoms with Gasteiger partial charge in [0.1, 0.15) is 0 Å². The minimum absolute atomic E-state index is 0. The largest absolute Gasteiger partial charge is 0.342 e. The fourth-order valence-electron chi connectivity index (χ4n) is 3.03. The maximum atomic E-state index is 12.8. The summed E-state index contributed by atoms with van der Waals surface area (Å²) >= 11 is 6.03. The van der Waals surface area contributed by atoms with E-state index in [1.807, 2.05) is 50.1 Å². The number of hydrogen-bond donors (Lipinski definition) is 1. The minimum atomic E-state index is -0.392. The van der Waals surface area contributed by atoms with E-state index in [0.29, 0.717) is 6.04 Å². The summed E-state index contributed by atoms with van der Waals surface area (Å²) in [6.45, 7) is 5.76. The molecule has 0 atom stereocenters. The van der Waals surface area contributed by atoms with Crippen molar-refractivity contribution in [1.82, 2.24) is 10.2 Å². The number of nitrogens with one attached hydrogen (secondary N) is 1. The molecule has 1 aliphatic rings. The van der Waals surface area contributed by atoms with Crippen LogP contribution in [0, 0.1) is 5.41 Å². The molecule has 1 saturated heterocycles. The summed E-state index contributed by atoms with van der Waals surface area (Å²) < 4.78 is 0. The van der Waals surface area contributed by atoms with Gasteiger partial charge in [0.05, 0.1) is 0 Å². The van der Waals surface area contributed by atoms with Crippen molar-refractivity contribution in [2.45, 2.75) is 39.2 Å². The van der Waals surface area contributed by atoms with E-state index in [9.17, 15) is 4.79 Å². The lowest BCUT2D eigenvalue weighted by Gasteiger charge is -2.37.